The molecule has 0 bridgehead atoms. The molecule has 1 saturated carbocycles. The van der Waals surface area contributed by atoms with Gasteiger partial charge in [-0.05, 0) is 37.0 Å². The zero-order valence-corrected chi connectivity index (χ0v) is 12.5. The fourth-order valence-electron chi connectivity index (χ4n) is 2.63. The van der Waals surface area contributed by atoms with Gasteiger partial charge in [-0.2, -0.15) is 0 Å². The van der Waals surface area contributed by atoms with Crippen molar-refractivity contribution in [3.8, 4) is 0 Å². The molecule has 0 heterocycles. The van der Waals surface area contributed by atoms with Gasteiger partial charge in [-0.1, -0.05) is 25.8 Å². The summed E-state index contributed by atoms with van der Waals surface area (Å²) in [5.74, 6) is 0. The van der Waals surface area contributed by atoms with Crippen molar-refractivity contribution >= 4 is 15.7 Å². The summed E-state index contributed by atoms with van der Waals surface area (Å²) >= 11 is 0. The Morgan fingerprint density at radius 2 is 2.00 bits per heavy atom. The van der Waals surface area contributed by atoms with Gasteiger partial charge in [0.1, 0.15) is 0 Å². The van der Waals surface area contributed by atoms with E-state index in [2.05, 4.69) is 4.72 Å². The number of nitrogen functional groups attached to an aromatic ring is 1. The molecule has 0 spiro atoms. The molecule has 112 valence electrons. The first-order valence-corrected chi connectivity index (χ1v) is 8.45. The van der Waals surface area contributed by atoms with Crippen molar-refractivity contribution in [1.29, 1.82) is 0 Å². The molecule has 1 aromatic rings. The van der Waals surface area contributed by atoms with Crippen molar-refractivity contribution in [2.24, 2.45) is 0 Å². The van der Waals surface area contributed by atoms with E-state index in [9.17, 15) is 13.5 Å². The minimum atomic E-state index is -3.64. The molecular weight excluding hydrogens is 276 g/mol. The van der Waals surface area contributed by atoms with Crippen LogP contribution in [0, 0.1) is 0 Å². The van der Waals surface area contributed by atoms with Crippen molar-refractivity contribution in [3.63, 3.8) is 0 Å². The topological polar surface area (TPSA) is 92.4 Å². The maximum absolute atomic E-state index is 12.4. The third-order valence-electron chi connectivity index (χ3n) is 3.89. The Balaban J connectivity index is 2.20. The molecule has 0 radical (unpaired) electrons. The molecule has 1 aliphatic rings. The van der Waals surface area contributed by atoms with E-state index in [-0.39, 0.29) is 11.4 Å². The van der Waals surface area contributed by atoms with Crippen molar-refractivity contribution in [2.75, 3.05) is 12.3 Å². The van der Waals surface area contributed by atoms with Crippen molar-refractivity contribution < 1.29 is 13.5 Å². The molecule has 0 amide bonds. The maximum Gasteiger partial charge on any atom is 0.241 e. The smallest absolute Gasteiger partial charge is 0.241 e. The standard InChI is InChI=1S/C14H22N2O3S/c1-2-11-5-6-12(15)9-13(11)20(18,19)16-10-14(17)7-3-4-8-14/h5-6,9,16-17H,2-4,7-8,10,15H2,1H3. The number of rotatable bonds is 5. The molecule has 20 heavy (non-hydrogen) atoms. The summed E-state index contributed by atoms with van der Waals surface area (Å²) in [6.07, 6.45) is 3.79. The minimum absolute atomic E-state index is 0.0628. The SMILES string of the molecule is CCc1ccc(N)cc1S(=O)(=O)NCC1(O)CCCC1. The number of nitrogens with one attached hydrogen (secondary N) is 1. The summed E-state index contributed by atoms with van der Waals surface area (Å²) in [4.78, 5) is 0.210. The number of hydrogen-bond acceptors (Lipinski definition) is 4. The summed E-state index contributed by atoms with van der Waals surface area (Å²) in [6.45, 7) is 1.96. The largest absolute Gasteiger partial charge is 0.399 e. The molecule has 1 aliphatic carbocycles. The number of anilines is 1. The first-order valence-electron chi connectivity index (χ1n) is 6.97. The molecule has 0 saturated heterocycles. The highest BCUT2D eigenvalue weighted by Crippen LogP contribution is 2.29. The van der Waals surface area contributed by atoms with Crippen molar-refractivity contribution in [2.45, 2.75) is 49.5 Å². The average Bonchev–Trinajstić information content (AvgIpc) is 2.84. The lowest BCUT2D eigenvalue weighted by Gasteiger charge is -2.22. The van der Waals surface area contributed by atoms with Gasteiger partial charge in [-0.3, -0.25) is 0 Å². The first kappa shape index (κ1) is 15.3. The summed E-state index contributed by atoms with van der Waals surface area (Å²) < 4.78 is 27.3. The van der Waals surface area contributed by atoms with E-state index in [0.29, 0.717) is 24.9 Å². The van der Waals surface area contributed by atoms with Gasteiger partial charge in [0.25, 0.3) is 0 Å². The van der Waals surface area contributed by atoms with Gasteiger partial charge in [0.15, 0.2) is 0 Å². The predicted octanol–water partition coefficient (Wildman–Crippen LogP) is 1.41. The average molecular weight is 298 g/mol. The molecule has 0 aromatic heterocycles. The van der Waals surface area contributed by atoms with Gasteiger partial charge < -0.3 is 10.8 Å². The molecule has 0 unspecified atom stereocenters. The number of aliphatic hydroxyl groups is 1. The van der Waals surface area contributed by atoms with Gasteiger partial charge in [-0.15, -0.1) is 0 Å². The fraction of sp³-hybridized carbons (Fsp3) is 0.571. The second-order valence-electron chi connectivity index (χ2n) is 5.48. The zero-order valence-electron chi connectivity index (χ0n) is 11.7. The van der Waals surface area contributed by atoms with E-state index >= 15 is 0 Å². The summed E-state index contributed by atoms with van der Waals surface area (Å²) in [7, 11) is -3.64. The highest BCUT2D eigenvalue weighted by Gasteiger charge is 2.32. The van der Waals surface area contributed by atoms with E-state index in [1.807, 2.05) is 6.92 Å². The Morgan fingerprint density at radius 3 is 2.60 bits per heavy atom. The van der Waals surface area contributed by atoms with Crippen LogP contribution < -0.4 is 10.5 Å². The summed E-state index contributed by atoms with van der Waals surface area (Å²) in [5.41, 5.74) is 5.92. The molecular formula is C14H22N2O3S. The number of benzene rings is 1. The zero-order chi connectivity index (χ0) is 14.8. The lowest BCUT2D eigenvalue weighted by Crippen LogP contribution is -2.40. The molecule has 1 fully saturated rings. The van der Waals surface area contributed by atoms with Crippen LogP contribution in [0.4, 0.5) is 5.69 Å². The molecule has 2 rings (SSSR count). The normalized spacial score (nSPS) is 18.3. The van der Waals surface area contributed by atoms with E-state index in [4.69, 9.17) is 5.73 Å². The Bertz CT molecular complexity index is 578. The maximum atomic E-state index is 12.4. The number of hydrogen-bond donors (Lipinski definition) is 3. The Labute approximate surface area is 120 Å². The summed E-state index contributed by atoms with van der Waals surface area (Å²) in [5, 5.41) is 10.2. The van der Waals surface area contributed by atoms with Gasteiger partial charge in [0, 0.05) is 12.2 Å². The highest BCUT2D eigenvalue weighted by atomic mass is 32.2. The Morgan fingerprint density at radius 1 is 1.35 bits per heavy atom. The third-order valence-corrected chi connectivity index (χ3v) is 5.37. The summed E-state index contributed by atoms with van der Waals surface area (Å²) in [6, 6.07) is 4.90. The van der Waals surface area contributed by atoms with Crippen molar-refractivity contribution in [1.82, 2.24) is 4.72 Å². The monoisotopic (exact) mass is 298 g/mol. The number of aryl methyl sites for hydroxylation is 1. The van der Waals surface area contributed by atoms with Crippen LogP contribution in [0.3, 0.4) is 0 Å². The second kappa shape index (κ2) is 5.71. The Kier molecular flexibility index (Phi) is 4.36. The number of nitrogens with two attached hydrogens (primary N) is 1. The van der Waals surface area contributed by atoms with Crippen LogP contribution in [-0.2, 0) is 16.4 Å². The van der Waals surface area contributed by atoms with Crippen LogP contribution in [0.2, 0.25) is 0 Å². The van der Waals surface area contributed by atoms with E-state index in [0.717, 1.165) is 18.4 Å². The van der Waals surface area contributed by atoms with Gasteiger partial charge in [0.05, 0.1) is 10.5 Å². The molecule has 1 aromatic carbocycles. The fourth-order valence-corrected chi connectivity index (χ4v) is 4.09. The van der Waals surface area contributed by atoms with Gasteiger partial charge in [0.2, 0.25) is 10.0 Å². The van der Waals surface area contributed by atoms with Gasteiger partial charge in [-0.25, -0.2) is 13.1 Å². The minimum Gasteiger partial charge on any atom is -0.399 e. The molecule has 5 nitrogen and oxygen atoms in total. The molecule has 6 heteroatoms. The molecule has 4 N–H and O–H groups in total. The lowest BCUT2D eigenvalue weighted by atomic mass is 10.0. The quantitative estimate of drug-likeness (QED) is 0.717. The number of sulfonamides is 1. The van der Waals surface area contributed by atoms with Crippen LogP contribution in [-0.4, -0.2) is 25.7 Å². The van der Waals surface area contributed by atoms with Crippen LogP contribution in [0.15, 0.2) is 23.1 Å². The van der Waals surface area contributed by atoms with E-state index in [1.54, 1.807) is 12.1 Å². The second-order valence-corrected chi connectivity index (χ2v) is 7.21. The first-order chi connectivity index (χ1) is 9.36. The van der Waals surface area contributed by atoms with Crippen LogP contribution >= 0.6 is 0 Å². The van der Waals surface area contributed by atoms with Crippen molar-refractivity contribution in [3.05, 3.63) is 23.8 Å². The van der Waals surface area contributed by atoms with Crippen LogP contribution in [0.1, 0.15) is 38.2 Å². The predicted molar refractivity (Wildman–Crippen MR) is 78.8 cm³/mol. The van der Waals surface area contributed by atoms with E-state index < -0.39 is 15.6 Å². The van der Waals surface area contributed by atoms with Gasteiger partial charge >= 0.3 is 0 Å². The molecule has 0 aliphatic heterocycles. The van der Waals surface area contributed by atoms with Crippen LogP contribution in [0.5, 0.6) is 0 Å². The third kappa shape index (κ3) is 3.31. The molecule has 0 atom stereocenters. The lowest BCUT2D eigenvalue weighted by molar-refractivity contribution is 0.0531. The highest BCUT2D eigenvalue weighted by molar-refractivity contribution is 7.89. The Hall–Kier alpha value is -1.11. The van der Waals surface area contributed by atoms with E-state index in [1.165, 1.54) is 6.07 Å². The van der Waals surface area contributed by atoms with Crippen LogP contribution in [0.25, 0.3) is 0 Å².